The van der Waals surface area contributed by atoms with E-state index >= 15 is 0 Å². The summed E-state index contributed by atoms with van der Waals surface area (Å²) in [7, 11) is 0. The first-order chi connectivity index (χ1) is 9.25. The summed E-state index contributed by atoms with van der Waals surface area (Å²) < 4.78 is 1.95. The fraction of sp³-hybridized carbons (Fsp3) is 0.0714. The number of hydrogen-bond donors (Lipinski definition) is 1. The van der Waals surface area contributed by atoms with E-state index in [0.29, 0.717) is 5.69 Å². The Labute approximate surface area is 110 Å². The van der Waals surface area contributed by atoms with Crippen LogP contribution in [0.3, 0.4) is 0 Å². The van der Waals surface area contributed by atoms with E-state index in [1.165, 1.54) is 0 Å². The van der Waals surface area contributed by atoms with Crippen molar-refractivity contribution < 1.29 is 0 Å². The highest BCUT2D eigenvalue weighted by Crippen LogP contribution is 2.26. The molecule has 0 amide bonds. The number of anilines is 1. The molecule has 3 aromatic heterocycles. The molecule has 0 aromatic carbocycles. The summed E-state index contributed by atoms with van der Waals surface area (Å²) in [6.45, 7) is 2.01. The van der Waals surface area contributed by atoms with E-state index in [1.54, 1.807) is 37.2 Å². The summed E-state index contributed by atoms with van der Waals surface area (Å²) in [6, 6.07) is 3.83. The Bertz CT molecular complexity index is 717. The van der Waals surface area contributed by atoms with E-state index < -0.39 is 0 Å². The molecule has 3 aromatic rings. The zero-order valence-corrected chi connectivity index (χ0v) is 10.5. The second-order valence-electron chi connectivity index (χ2n) is 4.33. The number of rotatable bonds is 2. The van der Waals surface area contributed by atoms with E-state index in [0.717, 1.165) is 22.5 Å². The van der Waals surface area contributed by atoms with Crippen LogP contribution in [-0.4, -0.2) is 19.5 Å². The maximum Gasteiger partial charge on any atom is 0.0997 e. The third kappa shape index (κ3) is 2.06. The van der Waals surface area contributed by atoms with Crippen LogP contribution in [-0.2, 0) is 0 Å². The lowest BCUT2D eigenvalue weighted by molar-refractivity contribution is 1.04. The first kappa shape index (κ1) is 11.4. The Balaban J connectivity index is 2.16. The molecule has 0 aliphatic carbocycles. The smallest absolute Gasteiger partial charge is 0.0997 e. The van der Waals surface area contributed by atoms with Crippen LogP contribution < -0.4 is 5.73 Å². The average Bonchev–Trinajstić information content (AvgIpc) is 2.88. The molecule has 0 saturated carbocycles. The average molecular weight is 251 g/mol. The van der Waals surface area contributed by atoms with Crippen LogP contribution >= 0.6 is 0 Å². The van der Waals surface area contributed by atoms with Gasteiger partial charge >= 0.3 is 0 Å². The fourth-order valence-corrected chi connectivity index (χ4v) is 1.99. The Kier molecular flexibility index (Phi) is 2.72. The second kappa shape index (κ2) is 4.53. The van der Waals surface area contributed by atoms with Gasteiger partial charge in [0.1, 0.15) is 0 Å². The minimum absolute atomic E-state index is 0.678. The Morgan fingerprint density at radius 2 is 1.95 bits per heavy atom. The molecule has 0 bridgehead atoms. The number of pyridine rings is 2. The summed E-state index contributed by atoms with van der Waals surface area (Å²) >= 11 is 0. The van der Waals surface area contributed by atoms with Gasteiger partial charge in [0.05, 0.1) is 30.1 Å². The van der Waals surface area contributed by atoms with Gasteiger partial charge in [-0.05, 0) is 24.6 Å². The highest BCUT2D eigenvalue weighted by atomic mass is 15.1. The van der Waals surface area contributed by atoms with Gasteiger partial charge < -0.3 is 5.73 Å². The number of aryl methyl sites for hydroxylation is 1. The van der Waals surface area contributed by atoms with Crippen molar-refractivity contribution in [1.82, 2.24) is 19.5 Å². The van der Waals surface area contributed by atoms with Crippen LogP contribution in [0.1, 0.15) is 5.56 Å². The molecule has 0 aliphatic heterocycles. The molecule has 0 aliphatic rings. The molecular weight excluding hydrogens is 238 g/mol. The molecule has 0 spiro atoms. The maximum absolute atomic E-state index is 5.99. The number of imidazole rings is 1. The lowest BCUT2D eigenvalue weighted by atomic mass is 10.2. The summed E-state index contributed by atoms with van der Waals surface area (Å²) in [6.07, 6.45) is 10.6. The number of hydrogen-bond acceptors (Lipinski definition) is 4. The summed E-state index contributed by atoms with van der Waals surface area (Å²) in [5, 5.41) is 0. The largest absolute Gasteiger partial charge is 0.398 e. The summed E-state index contributed by atoms with van der Waals surface area (Å²) in [5.41, 5.74) is 10.5. The minimum Gasteiger partial charge on any atom is -0.398 e. The van der Waals surface area contributed by atoms with Crippen molar-refractivity contribution in [1.29, 1.82) is 0 Å². The molecular formula is C14H13N5. The van der Waals surface area contributed by atoms with E-state index in [2.05, 4.69) is 15.0 Å². The van der Waals surface area contributed by atoms with Crippen LogP contribution in [0.2, 0.25) is 0 Å². The third-order valence-electron chi connectivity index (χ3n) is 2.91. The van der Waals surface area contributed by atoms with Crippen LogP contribution in [0.5, 0.6) is 0 Å². The van der Waals surface area contributed by atoms with Crippen LogP contribution in [0.25, 0.3) is 16.9 Å². The molecule has 2 N–H and O–H groups in total. The molecule has 5 nitrogen and oxygen atoms in total. The normalized spacial score (nSPS) is 10.6. The predicted octanol–water partition coefficient (Wildman–Crippen LogP) is 2.22. The molecule has 0 fully saturated rings. The number of nitrogens with zero attached hydrogens (tertiary/aromatic N) is 4. The number of nitrogen functional groups attached to an aromatic ring is 1. The molecule has 3 heterocycles. The summed E-state index contributed by atoms with van der Waals surface area (Å²) in [4.78, 5) is 12.5. The van der Waals surface area contributed by atoms with E-state index in [4.69, 9.17) is 5.73 Å². The molecule has 3 rings (SSSR count). The quantitative estimate of drug-likeness (QED) is 0.758. The monoisotopic (exact) mass is 251 g/mol. The third-order valence-corrected chi connectivity index (χ3v) is 2.91. The Hall–Kier alpha value is -2.69. The molecule has 0 unspecified atom stereocenters. The molecule has 94 valence electrons. The van der Waals surface area contributed by atoms with Gasteiger partial charge in [0.2, 0.25) is 0 Å². The van der Waals surface area contributed by atoms with Gasteiger partial charge in [0.15, 0.2) is 0 Å². The minimum atomic E-state index is 0.678. The number of nitrogens with two attached hydrogens (primary N) is 1. The van der Waals surface area contributed by atoms with Gasteiger partial charge in [-0.25, -0.2) is 4.98 Å². The predicted molar refractivity (Wildman–Crippen MR) is 73.7 cm³/mol. The topological polar surface area (TPSA) is 69.6 Å². The van der Waals surface area contributed by atoms with Gasteiger partial charge in [0.25, 0.3) is 0 Å². The van der Waals surface area contributed by atoms with Crippen molar-refractivity contribution in [2.24, 2.45) is 0 Å². The van der Waals surface area contributed by atoms with Gasteiger partial charge in [-0.15, -0.1) is 0 Å². The van der Waals surface area contributed by atoms with Gasteiger partial charge in [-0.2, -0.15) is 0 Å². The highest BCUT2D eigenvalue weighted by molar-refractivity contribution is 5.73. The van der Waals surface area contributed by atoms with Gasteiger partial charge in [0, 0.05) is 29.8 Å². The fourth-order valence-electron chi connectivity index (χ4n) is 1.99. The van der Waals surface area contributed by atoms with Crippen molar-refractivity contribution in [3.05, 3.63) is 55.0 Å². The van der Waals surface area contributed by atoms with Crippen molar-refractivity contribution in [3.63, 3.8) is 0 Å². The van der Waals surface area contributed by atoms with Crippen LogP contribution in [0.4, 0.5) is 5.69 Å². The molecule has 19 heavy (non-hydrogen) atoms. The lowest BCUT2D eigenvalue weighted by Gasteiger charge is -2.09. The van der Waals surface area contributed by atoms with E-state index in [-0.39, 0.29) is 0 Å². The molecule has 0 radical (unpaired) electrons. The lowest BCUT2D eigenvalue weighted by Crippen LogP contribution is -1.99. The van der Waals surface area contributed by atoms with Crippen molar-refractivity contribution in [2.75, 3.05) is 5.73 Å². The zero-order valence-electron chi connectivity index (χ0n) is 10.5. The SMILES string of the molecule is Cc1cncc(-n2cncc2-c2cnccc2N)c1. The standard InChI is InChI=1S/C14H13N5/c1-10-4-11(6-17-5-10)19-9-18-8-14(19)12-7-16-3-2-13(12)15/h2-9H,1H3,(H2,15,16). The van der Waals surface area contributed by atoms with Crippen molar-refractivity contribution in [2.45, 2.75) is 6.92 Å². The Morgan fingerprint density at radius 3 is 2.74 bits per heavy atom. The first-order valence-corrected chi connectivity index (χ1v) is 5.90. The van der Waals surface area contributed by atoms with Crippen molar-refractivity contribution in [3.8, 4) is 16.9 Å². The first-order valence-electron chi connectivity index (χ1n) is 5.90. The van der Waals surface area contributed by atoms with Crippen molar-refractivity contribution >= 4 is 5.69 Å². The Morgan fingerprint density at radius 1 is 1.05 bits per heavy atom. The number of aromatic nitrogens is 4. The highest BCUT2D eigenvalue weighted by Gasteiger charge is 2.10. The molecule has 5 heteroatoms. The van der Waals surface area contributed by atoms with Crippen LogP contribution in [0, 0.1) is 6.92 Å². The summed E-state index contributed by atoms with van der Waals surface area (Å²) in [5.74, 6) is 0. The van der Waals surface area contributed by atoms with Gasteiger partial charge in [-0.1, -0.05) is 0 Å². The molecule has 0 saturated heterocycles. The van der Waals surface area contributed by atoms with Gasteiger partial charge in [-0.3, -0.25) is 14.5 Å². The van der Waals surface area contributed by atoms with Crippen LogP contribution in [0.15, 0.2) is 49.4 Å². The second-order valence-corrected chi connectivity index (χ2v) is 4.33. The van der Waals surface area contributed by atoms with E-state index in [9.17, 15) is 0 Å². The maximum atomic E-state index is 5.99. The molecule has 0 atom stereocenters. The van der Waals surface area contributed by atoms with E-state index in [1.807, 2.05) is 23.8 Å². The zero-order chi connectivity index (χ0) is 13.2.